The molecule has 0 aliphatic rings. The molecule has 0 aliphatic carbocycles. The van der Waals surface area contributed by atoms with Gasteiger partial charge in [-0.15, -0.1) is 0 Å². The first-order valence-corrected chi connectivity index (χ1v) is 8.69. The quantitative estimate of drug-likeness (QED) is 0.544. The molecule has 0 unspecified atom stereocenters. The van der Waals surface area contributed by atoms with Crippen molar-refractivity contribution in [1.29, 1.82) is 0 Å². The molecule has 0 fully saturated rings. The normalized spacial score (nSPS) is 12.2. The average Bonchev–Trinajstić information content (AvgIpc) is 3.36. The van der Waals surface area contributed by atoms with Gasteiger partial charge in [0.05, 0.1) is 35.8 Å². The molecule has 0 radical (unpaired) electrons. The van der Waals surface area contributed by atoms with E-state index in [9.17, 15) is 4.39 Å². The van der Waals surface area contributed by atoms with Crippen molar-refractivity contribution >= 4 is 16.6 Å². The standard InChI is InChI=1S/C20H19FN6/c1-3-19(14-8-23-24-9-14)26-13(2)17-10-22-12-20-18(17)11-25-27(20)16-6-4-15(21)5-7-16/h4-12,19,26H,2-3H2,1H3,(H,23,24)/t19-/m0/s1. The Morgan fingerprint density at radius 3 is 2.74 bits per heavy atom. The maximum atomic E-state index is 13.2. The van der Waals surface area contributed by atoms with Crippen LogP contribution in [-0.2, 0) is 0 Å². The molecule has 0 saturated heterocycles. The van der Waals surface area contributed by atoms with Crippen LogP contribution in [0.2, 0.25) is 0 Å². The van der Waals surface area contributed by atoms with Gasteiger partial charge >= 0.3 is 0 Å². The smallest absolute Gasteiger partial charge is 0.123 e. The summed E-state index contributed by atoms with van der Waals surface area (Å²) in [7, 11) is 0. The summed E-state index contributed by atoms with van der Waals surface area (Å²) in [6.45, 7) is 6.30. The number of nitrogens with one attached hydrogen (secondary N) is 2. The molecule has 0 saturated carbocycles. The molecule has 2 N–H and O–H groups in total. The monoisotopic (exact) mass is 362 g/mol. The SMILES string of the molecule is C=C(N[C@@H](CC)c1cn[nH]c1)c1cncc2c1cnn2-c1ccc(F)cc1. The predicted molar refractivity (Wildman–Crippen MR) is 103 cm³/mol. The van der Waals surface area contributed by atoms with Crippen LogP contribution in [0.1, 0.15) is 30.5 Å². The zero-order valence-corrected chi connectivity index (χ0v) is 14.9. The van der Waals surface area contributed by atoms with Crippen LogP contribution >= 0.6 is 0 Å². The van der Waals surface area contributed by atoms with Gasteiger partial charge in [-0.2, -0.15) is 10.2 Å². The molecule has 27 heavy (non-hydrogen) atoms. The molecule has 0 aliphatic heterocycles. The molecule has 4 aromatic rings. The van der Waals surface area contributed by atoms with Crippen LogP contribution in [-0.4, -0.2) is 25.0 Å². The number of hydrogen-bond acceptors (Lipinski definition) is 4. The molecule has 0 spiro atoms. The average molecular weight is 362 g/mol. The van der Waals surface area contributed by atoms with Crippen molar-refractivity contribution in [2.75, 3.05) is 0 Å². The van der Waals surface area contributed by atoms with E-state index in [-0.39, 0.29) is 11.9 Å². The highest BCUT2D eigenvalue weighted by Gasteiger charge is 2.15. The van der Waals surface area contributed by atoms with Crippen molar-refractivity contribution in [2.24, 2.45) is 0 Å². The molecule has 3 aromatic heterocycles. The minimum Gasteiger partial charge on any atom is -0.378 e. The molecule has 1 aromatic carbocycles. The Balaban J connectivity index is 1.68. The minimum atomic E-state index is -0.281. The fraction of sp³-hybridized carbons (Fsp3) is 0.150. The summed E-state index contributed by atoms with van der Waals surface area (Å²) in [5.74, 6) is -0.281. The molecular formula is C20H19FN6. The second-order valence-electron chi connectivity index (χ2n) is 6.27. The summed E-state index contributed by atoms with van der Waals surface area (Å²) in [6, 6.07) is 6.30. The van der Waals surface area contributed by atoms with E-state index in [0.29, 0.717) is 0 Å². The molecule has 3 heterocycles. The number of aromatic nitrogens is 5. The third-order valence-corrected chi connectivity index (χ3v) is 4.57. The van der Waals surface area contributed by atoms with Crippen LogP contribution in [0.15, 0.2) is 61.8 Å². The highest BCUT2D eigenvalue weighted by atomic mass is 19.1. The Bertz CT molecular complexity index is 1070. The van der Waals surface area contributed by atoms with Gasteiger partial charge in [0.25, 0.3) is 0 Å². The highest BCUT2D eigenvalue weighted by Crippen LogP contribution is 2.26. The Hall–Kier alpha value is -3.48. The minimum absolute atomic E-state index is 0.0960. The Morgan fingerprint density at radius 2 is 2.04 bits per heavy atom. The lowest BCUT2D eigenvalue weighted by molar-refractivity contribution is 0.614. The number of aromatic amines is 1. The lowest BCUT2D eigenvalue weighted by atomic mass is 10.1. The third kappa shape index (κ3) is 3.19. The summed E-state index contributed by atoms with van der Waals surface area (Å²) in [5, 5.41) is 15.7. The lowest BCUT2D eigenvalue weighted by Crippen LogP contribution is -2.18. The van der Waals surface area contributed by atoms with Crippen molar-refractivity contribution in [1.82, 2.24) is 30.3 Å². The van der Waals surface area contributed by atoms with Crippen molar-refractivity contribution in [3.05, 3.63) is 78.8 Å². The second-order valence-corrected chi connectivity index (χ2v) is 6.27. The summed E-state index contributed by atoms with van der Waals surface area (Å²) in [6.07, 6.45) is 9.87. The largest absolute Gasteiger partial charge is 0.378 e. The van der Waals surface area contributed by atoms with Gasteiger partial charge < -0.3 is 5.32 Å². The van der Waals surface area contributed by atoms with Crippen molar-refractivity contribution < 1.29 is 4.39 Å². The molecule has 4 rings (SSSR count). The number of halogens is 1. The van der Waals surface area contributed by atoms with E-state index in [2.05, 4.69) is 39.1 Å². The van der Waals surface area contributed by atoms with Crippen molar-refractivity contribution in [3.8, 4) is 5.69 Å². The zero-order valence-electron chi connectivity index (χ0n) is 14.9. The van der Waals surface area contributed by atoms with E-state index in [0.717, 1.165) is 39.8 Å². The second kappa shape index (κ2) is 7.03. The number of benzene rings is 1. The first kappa shape index (κ1) is 17.0. The van der Waals surface area contributed by atoms with Crippen molar-refractivity contribution in [3.63, 3.8) is 0 Å². The van der Waals surface area contributed by atoms with Crippen LogP contribution in [0.25, 0.3) is 22.3 Å². The zero-order chi connectivity index (χ0) is 18.8. The maximum Gasteiger partial charge on any atom is 0.123 e. The van der Waals surface area contributed by atoms with Gasteiger partial charge in [-0.25, -0.2) is 9.07 Å². The van der Waals surface area contributed by atoms with Gasteiger partial charge in [-0.1, -0.05) is 13.5 Å². The molecular weight excluding hydrogens is 343 g/mol. The Kier molecular flexibility index (Phi) is 4.42. The van der Waals surface area contributed by atoms with Gasteiger partial charge in [0.1, 0.15) is 5.82 Å². The number of rotatable bonds is 6. The predicted octanol–water partition coefficient (Wildman–Crippen LogP) is 3.99. The number of H-pyrrole nitrogens is 1. The van der Waals surface area contributed by atoms with E-state index in [1.807, 2.05) is 6.20 Å². The van der Waals surface area contributed by atoms with Crippen molar-refractivity contribution in [2.45, 2.75) is 19.4 Å². The van der Waals surface area contributed by atoms with Gasteiger partial charge in [-0.3, -0.25) is 10.1 Å². The number of nitrogens with zero attached hydrogens (tertiary/aromatic N) is 4. The maximum absolute atomic E-state index is 13.2. The van der Waals surface area contributed by atoms with E-state index in [1.165, 1.54) is 12.1 Å². The lowest BCUT2D eigenvalue weighted by Gasteiger charge is -2.19. The van der Waals surface area contributed by atoms with Crippen LogP contribution in [0.4, 0.5) is 4.39 Å². The summed E-state index contributed by atoms with van der Waals surface area (Å²) >= 11 is 0. The Morgan fingerprint density at radius 1 is 1.22 bits per heavy atom. The third-order valence-electron chi connectivity index (χ3n) is 4.57. The van der Waals surface area contributed by atoms with Crippen LogP contribution < -0.4 is 5.32 Å². The number of hydrogen-bond donors (Lipinski definition) is 2. The van der Waals surface area contributed by atoms with Crippen LogP contribution in [0.5, 0.6) is 0 Å². The van der Waals surface area contributed by atoms with Crippen LogP contribution in [0, 0.1) is 5.82 Å². The summed E-state index contributed by atoms with van der Waals surface area (Å²) < 4.78 is 15.0. The molecule has 0 amide bonds. The Labute approximate surface area is 155 Å². The summed E-state index contributed by atoms with van der Waals surface area (Å²) in [5.41, 5.74) is 4.32. The molecule has 136 valence electrons. The van der Waals surface area contributed by atoms with Gasteiger partial charge in [0.15, 0.2) is 0 Å². The number of pyridine rings is 1. The first-order chi connectivity index (χ1) is 13.2. The fourth-order valence-electron chi connectivity index (χ4n) is 3.13. The first-order valence-electron chi connectivity index (χ1n) is 8.69. The van der Waals surface area contributed by atoms with E-state index in [4.69, 9.17) is 0 Å². The van der Waals surface area contributed by atoms with E-state index in [1.54, 1.807) is 41.6 Å². The topological polar surface area (TPSA) is 71.4 Å². The van der Waals surface area contributed by atoms with Gasteiger partial charge in [-0.05, 0) is 30.7 Å². The van der Waals surface area contributed by atoms with Crippen LogP contribution in [0.3, 0.4) is 0 Å². The summed E-state index contributed by atoms with van der Waals surface area (Å²) in [4.78, 5) is 4.35. The van der Waals surface area contributed by atoms with Gasteiger partial charge in [0, 0.05) is 34.6 Å². The fourth-order valence-corrected chi connectivity index (χ4v) is 3.13. The highest BCUT2D eigenvalue weighted by molar-refractivity contribution is 5.90. The van der Waals surface area contributed by atoms with E-state index >= 15 is 0 Å². The van der Waals surface area contributed by atoms with Gasteiger partial charge in [0.2, 0.25) is 0 Å². The molecule has 7 heteroatoms. The molecule has 6 nitrogen and oxygen atoms in total. The number of fused-ring (bicyclic) bond motifs is 1. The molecule has 0 bridgehead atoms. The molecule has 1 atom stereocenters. The van der Waals surface area contributed by atoms with E-state index < -0.39 is 0 Å².